The third kappa shape index (κ3) is 7.40. The molecule has 0 radical (unpaired) electrons. The van der Waals surface area contributed by atoms with E-state index in [-0.39, 0.29) is 0 Å². The normalized spacial score (nSPS) is 16.7. The molecular weight excluding hydrogens is 374 g/mol. The van der Waals surface area contributed by atoms with Crippen LogP contribution < -0.4 is 10.1 Å². The molecular formula is C25H37N3O2. The largest absolute Gasteiger partial charge is 0.491 e. The van der Waals surface area contributed by atoms with Gasteiger partial charge in [-0.2, -0.15) is 0 Å². The fraction of sp³-hybridized carbons (Fsp3) is 0.520. The Morgan fingerprint density at radius 3 is 2.33 bits per heavy atom. The molecule has 0 aromatic heterocycles. The Hall–Kier alpha value is -1.92. The molecule has 5 nitrogen and oxygen atoms in total. The van der Waals surface area contributed by atoms with Crippen LogP contribution in [-0.4, -0.2) is 73.4 Å². The minimum Gasteiger partial charge on any atom is -0.491 e. The molecule has 1 saturated heterocycles. The highest BCUT2D eigenvalue weighted by Crippen LogP contribution is 2.25. The van der Waals surface area contributed by atoms with Gasteiger partial charge in [0.1, 0.15) is 18.5 Å². The van der Waals surface area contributed by atoms with Crippen LogP contribution in [-0.2, 0) is 6.54 Å². The Morgan fingerprint density at radius 2 is 1.60 bits per heavy atom. The van der Waals surface area contributed by atoms with E-state index in [2.05, 4.69) is 65.4 Å². The molecule has 1 fully saturated rings. The van der Waals surface area contributed by atoms with Crippen molar-refractivity contribution >= 4 is 0 Å². The van der Waals surface area contributed by atoms with Gasteiger partial charge in [0, 0.05) is 52.4 Å². The summed E-state index contributed by atoms with van der Waals surface area (Å²) < 4.78 is 5.86. The monoisotopic (exact) mass is 411 g/mol. The second kappa shape index (κ2) is 12.1. The number of para-hydroxylation sites is 1. The first-order valence-electron chi connectivity index (χ1n) is 11.2. The predicted octanol–water partition coefficient (Wildman–Crippen LogP) is 2.96. The number of hydrogen-bond acceptors (Lipinski definition) is 5. The van der Waals surface area contributed by atoms with E-state index >= 15 is 0 Å². The second-order valence-corrected chi connectivity index (χ2v) is 8.46. The van der Waals surface area contributed by atoms with E-state index in [1.807, 2.05) is 18.2 Å². The summed E-state index contributed by atoms with van der Waals surface area (Å²) in [5.74, 6) is 1.28. The number of rotatable bonds is 11. The van der Waals surface area contributed by atoms with Crippen molar-refractivity contribution in [2.24, 2.45) is 0 Å². The van der Waals surface area contributed by atoms with E-state index in [4.69, 9.17) is 4.74 Å². The van der Waals surface area contributed by atoms with Gasteiger partial charge in [-0.15, -0.1) is 0 Å². The number of ether oxygens (including phenoxy) is 1. The summed E-state index contributed by atoms with van der Waals surface area (Å²) in [5.41, 5.74) is 2.57. The van der Waals surface area contributed by atoms with Crippen molar-refractivity contribution < 1.29 is 9.84 Å². The van der Waals surface area contributed by atoms with Crippen LogP contribution >= 0.6 is 0 Å². The Morgan fingerprint density at radius 1 is 0.933 bits per heavy atom. The highest BCUT2D eigenvalue weighted by molar-refractivity contribution is 5.35. The summed E-state index contributed by atoms with van der Waals surface area (Å²) in [4.78, 5) is 5.02. The maximum absolute atomic E-state index is 10.2. The van der Waals surface area contributed by atoms with Crippen LogP contribution in [0.5, 0.6) is 5.75 Å². The summed E-state index contributed by atoms with van der Waals surface area (Å²) in [6.45, 7) is 12.6. The zero-order chi connectivity index (χ0) is 21.2. The van der Waals surface area contributed by atoms with E-state index in [0.717, 1.165) is 51.6 Å². The molecule has 0 bridgehead atoms. The molecule has 0 aliphatic carbocycles. The van der Waals surface area contributed by atoms with Crippen molar-refractivity contribution in [3.05, 3.63) is 65.7 Å². The minimum absolute atomic E-state index is 0.314. The highest BCUT2D eigenvalue weighted by atomic mass is 16.5. The van der Waals surface area contributed by atoms with Gasteiger partial charge in [0.15, 0.2) is 0 Å². The maximum atomic E-state index is 10.2. The van der Waals surface area contributed by atoms with Gasteiger partial charge in [0.25, 0.3) is 0 Å². The molecule has 0 spiro atoms. The third-order valence-corrected chi connectivity index (χ3v) is 5.67. The number of nitrogens with one attached hydrogen (secondary N) is 1. The zero-order valence-corrected chi connectivity index (χ0v) is 18.5. The van der Waals surface area contributed by atoms with E-state index in [9.17, 15) is 5.11 Å². The quantitative estimate of drug-likeness (QED) is 0.557. The van der Waals surface area contributed by atoms with Crippen molar-refractivity contribution in [2.45, 2.75) is 32.4 Å². The molecule has 1 heterocycles. The predicted molar refractivity (Wildman–Crippen MR) is 123 cm³/mol. The highest BCUT2D eigenvalue weighted by Gasteiger charge is 2.16. The number of aliphatic hydroxyl groups excluding tert-OH is 1. The van der Waals surface area contributed by atoms with E-state index in [1.165, 1.54) is 11.1 Å². The van der Waals surface area contributed by atoms with Crippen LogP contribution in [0.2, 0.25) is 0 Å². The molecule has 0 saturated carbocycles. The van der Waals surface area contributed by atoms with Gasteiger partial charge in [-0.05, 0) is 23.1 Å². The van der Waals surface area contributed by atoms with Crippen molar-refractivity contribution in [3.63, 3.8) is 0 Å². The minimum atomic E-state index is -0.507. The lowest BCUT2D eigenvalue weighted by Gasteiger charge is -2.34. The summed E-state index contributed by atoms with van der Waals surface area (Å²) >= 11 is 0. The average molecular weight is 412 g/mol. The van der Waals surface area contributed by atoms with Gasteiger partial charge in [-0.3, -0.25) is 9.80 Å². The lowest BCUT2D eigenvalue weighted by atomic mass is 10.0. The maximum Gasteiger partial charge on any atom is 0.122 e. The third-order valence-electron chi connectivity index (χ3n) is 5.67. The first kappa shape index (κ1) is 22.8. The summed E-state index contributed by atoms with van der Waals surface area (Å²) in [7, 11) is 0. The van der Waals surface area contributed by atoms with Gasteiger partial charge in [-0.1, -0.05) is 62.4 Å². The van der Waals surface area contributed by atoms with E-state index in [1.54, 1.807) is 0 Å². The van der Waals surface area contributed by atoms with Crippen LogP contribution in [0.1, 0.15) is 30.9 Å². The summed E-state index contributed by atoms with van der Waals surface area (Å²) in [6, 6.07) is 18.8. The Balaban J connectivity index is 1.27. The summed E-state index contributed by atoms with van der Waals surface area (Å²) in [6.07, 6.45) is -0.507. The molecule has 1 aliphatic heterocycles. The Bertz CT molecular complexity index is 730. The molecule has 0 amide bonds. The number of aliphatic hydroxyl groups is 1. The zero-order valence-electron chi connectivity index (χ0n) is 18.5. The smallest absolute Gasteiger partial charge is 0.122 e. The number of nitrogens with zero attached hydrogens (tertiary/aromatic N) is 2. The van der Waals surface area contributed by atoms with Crippen LogP contribution in [0.3, 0.4) is 0 Å². The molecule has 164 valence electrons. The lowest BCUT2D eigenvalue weighted by Crippen LogP contribution is -2.48. The topological polar surface area (TPSA) is 48.0 Å². The standard InChI is InChI=1S/C25H37N3O2/c1-21(2)24-10-6-7-11-25(24)30-20-23(29)18-26-12-13-27-14-16-28(17-15-27)19-22-8-4-3-5-9-22/h3-11,21,23,26,29H,12-20H2,1-2H3/t23-/m0/s1. The van der Waals surface area contributed by atoms with Crippen LogP contribution in [0.25, 0.3) is 0 Å². The number of hydrogen-bond donors (Lipinski definition) is 2. The molecule has 1 aliphatic rings. The molecule has 2 aromatic carbocycles. The molecule has 3 rings (SSSR count). The lowest BCUT2D eigenvalue weighted by molar-refractivity contribution is 0.101. The van der Waals surface area contributed by atoms with Gasteiger partial charge in [0.05, 0.1) is 0 Å². The van der Waals surface area contributed by atoms with Gasteiger partial charge in [-0.25, -0.2) is 0 Å². The number of piperazine rings is 1. The first-order chi connectivity index (χ1) is 14.6. The Kier molecular flexibility index (Phi) is 9.15. The molecule has 2 N–H and O–H groups in total. The molecule has 5 heteroatoms. The Labute approximate surface area is 181 Å². The molecule has 2 aromatic rings. The van der Waals surface area contributed by atoms with E-state index < -0.39 is 6.10 Å². The van der Waals surface area contributed by atoms with Gasteiger partial charge >= 0.3 is 0 Å². The van der Waals surface area contributed by atoms with Crippen LogP contribution in [0, 0.1) is 0 Å². The second-order valence-electron chi connectivity index (χ2n) is 8.46. The molecule has 0 unspecified atom stereocenters. The van der Waals surface area contributed by atoms with Crippen LogP contribution in [0.15, 0.2) is 54.6 Å². The van der Waals surface area contributed by atoms with Crippen molar-refractivity contribution in [1.82, 2.24) is 15.1 Å². The fourth-order valence-corrected chi connectivity index (χ4v) is 3.85. The fourth-order valence-electron chi connectivity index (χ4n) is 3.85. The van der Waals surface area contributed by atoms with Crippen LogP contribution in [0.4, 0.5) is 0 Å². The summed E-state index contributed by atoms with van der Waals surface area (Å²) in [5, 5.41) is 13.6. The number of benzene rings is 2. The SMILES string of the molecule is CC(C)c1ccccc1OC[C@@H](O)CNCCN1CCN(Cc2ccccc2)CC1. The van der Waals surface area contributed by atoms with Crippen molar-refractivity contribution in [1.29, 1.82) is 0 Å². The first-order valence-corrected chi connectivity index (χ1v) is 11.2. The van der Waals surface area contributed by atoms with E-state index in [0.29, 0.717) is 19.1 Å². The average Bonchev–Trinajstić information content (AvgIpc) is 2.77. The van der Waals surface area contributed by atoms with Crippen molar-refractivity contribution in [3.8, 4) is 5.75 Å². The molecule has 30 heavy (non-hydrogen) atoms. The van der Waals surface area contributed by atoms with Gasteiger partial charge in [0.2, 0.25) is 0 Å². The molecule has 1 atom stereocenters. The van der Waals surface area contributed by atoms with Gasteiger partial charge < -0.3 is 15.2 Å². The van der Waals surface area contributed by atoms with Crippen molar-refractivity contribution in [2.75, 3.05) is 52.4 Å².